The maximum absolute atomic E-state index is 12.6. The van der Waals surface area contributed by atoms with E-state index in [0.29, 0.717) is 25.1 Å². The number of carboxylic acids is 1. The van der Waals surface area contributed by atoms with E-state index in [1.54, 1.807) is 0 Å². The van der Waals surface area contributed by atoms with Crippen LogP contribution >= 0.6 is 0 Å². The van der Waals surface area contributed by atoms with E-state index in [1.807, 2.05) is 36.2 Å². The number of fused-ring (bicyclic) bond motifs is 1. The Morgan fingerprint density at radius 3 is 2.83 bits per heavy atom. The predicted octanol–water partition coefficient (Wildman–Crippen LogP) is 1.06. The number of benzene rings is 1. The van der Waals surface area contributed by atoms with E-state index in [0.717, 1.165) is 5.56 Å². The lowest BCUT2D eigenvalue weighted by atomic mass is 9.74. The molecule has 4 heteroatoms. The molecule has 18 heavy (non-hydrogen) atoms. The van der Waals surface area contributed by atoms with Crippen molar-refractivity contribution in [3.8, 4) is 0 Å². The molecule has 4 nitrogen and oxygen atoms in total. The molecule has 94 valence electrons. The van der Waals surface area contributed by atoms with E-state index in [2.05, 4.69) is 0 Å². The SMILES string of the molecule is CN1CC(C(=O)O)C2(Cc3ccccc3C2=O)C1. The molecule has 1 aromatic rings. The Morgan fingerprint density at radius 2 is 2.17 bits per heavy atom. The summed E-state index contributed by atoms with van der Waals surface area (Å²) in [6.45, 7) is 0.993. The van der Waals surface area contributed by atoms with Gasteiger partial charge < -0.3 is 10.0 Å². The Balaban J connectivity index is 2.08. The molecule has 2 aliphatic rings. The van der Waals surface area contributed by atoms with Crippen LogP contribution in [-0.4, -0.2) is 41.9 Å². The van der Waals surface area contributed by atoms with Crippen molar-refractivity contribution in [1.29, 1.82) is 0 Å². The van der Waals surface area contributed by atoms with Gasteiger partial charge in [0.1, 0.15) is 0 Å². The second-order valence-corrected chi connectivity index (χ2v) is 5.41. The minimum atomic E-state index is -0.861. The molecule has 0 aromatic heterocycles. The minimum Gasteiger partial charge on any atom is -0.481 e. The fourth-order valence-electron chi connectivity index (χ4n) is 3.45. The molecular formula is C14H15NO3. The molecule has 1 heterocycles. The third-order valence-corrected chi connectivity index (χ3v) is 4.23. The van der Waals surface area contributed by atoms with Gasteiger partial charge in [-0.15, -0.1) is 0 Å². The number of carbonyl (C=O) groups is 2. The average molecular weight is 245 g/mol. The summed E-state index contributed by atoms with van der Waals surface area (Å²) in [7, 11) is 1.88. The van der Waals surface area contributed by atoms with Crippen LogP contribution in [0.1, 0.15) is 15.9 Å². The van der Waals surface area contributed by atoms with Gasteiger partial charge in [0.05, 0.1) is 11.3 Å². The van der Waals surface area contributed by atoms with Crippen LogP contribution in [0.3, 0.4) is 0 Å². The quantitative estimate of drug-likeness (QED) is 0.803. The Bertz CT molecular complexity index is 540. The summed E-state index contributed by atoms with van der Waals surface area (Å²) in [5, 5.41) is 9.37. The summed E-state index contributed by atoms with van der Waals surface area (Å²) >= 11 is 0. The molecule has 0 amide bonds. The monoisotopic (exact) mass is 245 g/mol. The van der Waals surface area contributed by atoms with Crippen LogP contribution in [0.2, 0.25) is 0 Å². The van der Waals surface area contributed by atoms with Gasteiger partial charge in [-0.1, -0.05) is 24.3 Å². The number of Topliss-reactive ketones (excluding diaryl/α,β-unsaturated/α-hetero) is 1. The molecule has 0 bridgehead atoms. The van der Waals surface area contributed by atoms with Gasteiger partial charge in [-0.3, -0.25) is 9.59 Å². The largest absolute Gasteiger partial charge is 0.481 e. The lowest BCUT2D eigenvalue weighted by Gasteiger charge is -2.25. The highest BCUT2D eigenvalue weighted by atomic mass is 16.4. The molecule has 3 rings (SSSR count). The number of nitrogens with zero attached hydrogens (tertiary/aromatic N) is 1. The van der Waals surface area contributed by atoms with Crippen LogP contribution in [0.25, 0.3) is 0 Å². The summed E-state index contributed by atoms with van der Waals surface area (Å²) in [6, 6.07) is 7.48. The molecule has 0 saturated carbocycles. The van der Waals surface area contributed by atoms with Crippen LogP contribution in [0.4, 0.5) is 0 Å². The zero-order valence-corrected chi connectivity index (χ0v) is 10.2. The zero-order chi connectivity index (χ0) is 12.9. The van der Waals surface area contributed by atoms with Gasteiger partial charge in [0, 0.05) is 18.7 Å². The Labute approximate surface area is 105 Å². The maximum Gasteiger partial charge on any atom is 0.308 e. The van der Waals surface area contributed by atoms with Crippen molar-refractivity contribution in [2.24, 2.45) is 11.3 Å². The first-order chi connectivity index (χ1) is 8.54. The normalized spacial score (nSPS) is 30.9. The Hall–Kier alpha value is -1.68. The second-order valence-electron chi connectivity index (χ2n) is 5.41. The number of carboxylic acid groups (broad SMARTS) is 1. The highest BCUT2D eigenvalue weighted by Crippen LogP contribution is 2.46. The predicted molar refractivity (Wildman–Crippen MR) is 65.5 cm³/mol. The van der Waals surface area contributed by atoms with Crippen molar-refractivity contribution in [2.45, 2.75) is 6.42 Å². The molecule has 2 atom stereocenters. The van der Waals surface area contributed by atoms with Crippen molar-refractivity contribution in [3.63, 3.8) is 0 Å². The molecule has 1 N–H and O–H groups in total. The van der Waals surface area contributed by atoms with Crippen molar-refractivity contribution in [2.75, 3.05) is 20.1 Å². The van der Waals surface area contributed by atoms with Crippen molar-refractivity contribution in [1.82, 2.24) is 4.90 Å². The molecule has 1 aliphatic heterocycles. The first-order valence-corrected chi connectivity index (χ1v) is 6.09. The van der Waals surface area contributed by atoms with Gasteiger partial charge >= 0.3 is 5.97 Å². The Morgan fingerprint density at radius 1 is 1.44 bits per heavy atom. The van der Waals surface area contributed by atoms with Crippen molar-refractivity contribution in [3.05, 3.63) is 35.4 Å². The topological polar surface area (TPSA) is 57.6 Å². The smallest absolute Gasteiger partial charge is 0.308 e. The Kier molecular flexibility index (Phi) is 2.32. The average Bonchev–Trinajstić information content (AvgIpc) is 2.80. The van der Waals surface area contributed by atoms with Crippen LogP contribution in [0.15, 0.2) is 24.3 Å². The number of rotatable bonds is 1. The molecule has 2 unspecified atom stereocenters. The van der Waals surface area contributed by atoms with Gasteiger partial charge in [-0.25, -0.2) is 0 Å². The van der Waals surface area contributed by atoms with Crippen LogP contribution in [0.5, 0.6) is 0 Å². The van der Waals surface area contributed by atoms with Gasteiger partial charge in [0.15, 0.2) is 5.78 Å². The van der Waals surface area contributed by atoms with E-state index in [9.17, 15) is 14.7 Å². The summed E-state index contributed by atoms with van der Waals surface area (Å²) in [5.74, 6) is -1.45. The van der Waals surface area contributed by atoms with E-state index in [4.69, 9.17) is 0 Å². The molecule has 1 aliphatic carbocycles. The number of hydrogen-bond donors (Lipinski definition) is 1. The van der Waals surface area contributed by atoms with Crippen LogP contribution in [0, 0.1) is 11.3 Å². The summed E-state index contributed by atoms with van der Waals surface area (Å²) < 4.78 is 0. The van der Waals surface area contributed by atoms with Gasteiger partial charge in [0.2, 0.25) is 0 Å². The number of carbonyl (C=O) groups excluding carboxylic acids is 1. The molecular weight excluding hydrogens is 230 g/mol. The number of hydrogen-bond acceptors (Lipinski definition) is 3. The molecule has 1 fully saturated rings. The molecule has 0 radical (unpaired) electrons. The highest BCUT2D eigenvalue weighted by molar-refractivity contribution is 6.07. The van der Waals surface area contributed by atoms with Gasteiger partial charge in [-0.05, 0) is 19.0 Å². The lowest BCUT2D eigenvalue weighted by Crippen LogP contribution is -2.40. The summed E-state index contributed by atoms with van der Waals surface area (Å²) in [6.07, 6.45) is 0.559. The van der Waals surface area contributed by atoms with E-state index in [1.165, 1.54) is 0 Å². The standard InChI is InChI=1S/C14H15NO3/c1-15-7-11(13(17)18)14(8-15)6-9-4-2-3-5-10(9)12(14)16/h2-5,11H,6-8H2,1H3,(H,17,18). The number of likely N-dealkylation sites (tertiary alicyclic amines) is 1. The first-order valence-electron chi connectivity index (χ1n) is 6.09. The maximum atomic E-state index is 12.6. The summed E-state index contributed by atoms with van der Waals surface area (Å²) in [4.78, 5) is 26.0. The van der Waals surface area contributed by atoms with Crippen LogP contribution < -0.4 is 0 Å². The van der Waals surface area contributed by atoms with Gasteiger partial charge in [-0.2, -0.15) is 0 Å². The number of ketones is 1. The van der Waals surface area contributed by atoms with E-state index < -0.39 is 17.3 Å². The zero-order valence-electron chi connectivity index (χ0n) is 10.2. The van der Waals surface area contributed by atoms with Crippen LogP contribution in [-0.2, 0) is 11.2 Å². The lowest BCUT2D eigenvalue weighted by molar-refractivity contribution is -0.143. The fourth-order valence-corrected chi connectivity index (χ4v) is 3.45. The van der Waals surface area contributed by atoms with Crippen molar-refractivity contribution < 1.29 is 14.7 Å². The van der Waals surface area contributed by atoms with E-state index >= 15 is 0 Å². The third kappa shape index (κ3) is 1.35. The molecule has 1 spiro atoms. The van der Waals surface area contributed by atoms with E-state index in [-0.39, 0.29) is 5.78 Å². The second kappa shape index (κ2) is 3.65. The number of aliphatic carboxylic acids is 1. The summed E-state index contributed by atoms with van der Waals surface area (Å²) in [5.41, 5.74) is 0.952. The fraction of sp³-hybridized carbons (Fsp3) is 0.429. The van der Waals surface area contributed by atoms with Crippen molar-refractivity contribution >= 4 is 11.8 Å². The first kappa shape index (κ1) is 11.4. The molecule has 1 saturated heterocycles. The third-order valence-electron chi connectivity index (χ3n) is 4.23. The molecule has 1 aromatic carbocycles. The highest BCUT2D eigenvalue weighted by Gasteiger charge is 2.57. The minimum absolute atomic E-state index is 0.00912. The van der Waals surface area contributed by atoms with Gasteiger partial charge in [0.25, 0.3) is 0 Å².